The number of amides is 1. The Balaban J connectivity index is 1.40. The largest absolute Gasteiger partial charge is 0.446 e. The average molecular weight is 760 g/mol. The molecule has 0 spiro atoms. The van der Waals surface area contributed by atoms with Gasteiger partial charge in [-0.25, -0.2) is 0 Å². The number of fused-ring (bicyclic) bond motifs is 3. The number of carbonyl (C=O) groups excluding carboxylic acids is 2. The molecule has 1 amide bonds. The Kier molecular flexibility index (Phi) is 11.4. The van der Waals surface area contributed by atoms with Crippen molar-refractivity contribution in [3.8, 4) is 0 Å². The van der Waals surface area contributed by atoms with Crippen LogP contribution in [0.25, 0.3) is 33.4 Å². The van der Waals surface area contributed by atoms with E-state index in [0.717, 1.165) is 53.3 Å². The fourth-order valence-corrected chi connectivity index (χ4v) is 9.81. The SMILES string of the molecule is CCCCCCN1c2ccccc2CCc2cc(C=C(C=c3sc(=C4SC(=S)N(CC)C4=O)n(COC=O)c3=O)c3cccc4ccccc34)ccc21. The summed E-state index contributed by atoms with van der Waals surface area (Å²) in [6.45, 7) is 5.49. The number of aryl methyl sites for hydroxylation is 2. The number of hydrogen-bond acceptors (Lipinski definition) is 8. The monoisotopic (exact) mass is 759 g/mol. The molecule has 1 fully saturated rings. The van der Waals surface area contributed by atoms with Gasteiger partial charge in [-0.3, -0.25) is 23.9 Å². The smallest absolute Gasteiger partial charge is 0.294 e. The second-order valence-corrected chi connectivity index (χ2v) is 15.8. The molecule has 2 aliphatic rings. The van der Waals surface area contributed by atoms with Gasteiger partial charge in [-0.2, -0.15) is 0 Å². The third-order valence-electron chi connectivity index (χ3n) is 9.82. The number of ether oxygens (including phenoxy) is 1. The lowest BCUT2D eigenvalue weighted by Crippen LogP contribution is -2.34. The first-order chi connectivity index (χ1) is 25.9. The lowest BCUT2D eigenvalue weighted by atomic mass is 9.95. The van der Waals surface area contributed by atoms with Crippen molar-refractivity contribution in [2.24, 2.45) is 0 Å². The van der Waals surface area contributed by atoms with Crippen molar-refractivity contribution in [1.29, 1.82) is 0 Å². The lowest BCUT2D eigenvalue weighted by Gasteiger charge is -2.27. The van der Waals surface area contributed by atoms with Gasteiger partial charge in [0.15, 0.2) is 6.73 Å². The number of benzene rings is 4. The molecule has 3 heterocycles. The minimum atomic E-state index is -0.349. The number of thiocarbonyl (C=S) groups is 1. The van der Waals surface area contributed by atoms with Crippen LogP contribution >= 0.6 is 35.3 Å². The standard InChI is InChI=1S/C43H41N3O4S3/c1-3-5-6-11-23-45-36-18-10-8-14-31(36)20-21-32-24-29(19-22-37(32)45)25-33(35-17-12-15-30-13-7-9-16-34(30)35)26-38-40(48)46(27-50-28-47)42(52-38)39-41(49)44(4-2)43(51)53-39/h7-10,12-19,22,24-26,28H,3-6,11,20-21,23,27H2,1-2H3. The van der Waals surface area contributed by atoms with Crippen LogP contribution in [0.15, 0.2) is 89.7 Å². The highest BCUT2D eigenvalue weighted by Gasteiger charge is 2.33. The molecule has 0 radical (unpaired) electrons. The van der Waals surface area contributed by atoms with Crippen LogP contribution in [0.3, 0.4) is 0 Å². The number of hydrogen-bond donors (Lipinski definition) is 0. The molecule has 0 aliphatic carbocycles. The van der Waals surface area contributed by atoms with Gasteiger partial charge in [-0.05, 0) is 95.1 Å². The summed E-state index contributed by atoms with van der Waals surface area (Å²) in [5, 5.41) is 2.14. The Morgan fingerprint density at radius 3 is 2.45 bits per heavy atom. The van der Waals surface area contributed by atoms with Crippen LogP contribution < -0.4 is 19.7 Å². The quantitative estimate of drug-likeness (QED) is 0.0553. The van der Waals surface area contributed by atoms with Crippen LogP contribution in [0.4, 0.5) is 11.4 Å². The molecule has 1 saturated heterocycles. The number of nitrogens with zero attached hydrogens (tertiary/aromatic N) is 3. The van der Waals surface area contributed by atoms with Gasteiger partial charge in [0.25, 0.3) is 17.9 Å². The fourth-order valence-electron chi connectivity index (χ4n) is 7.19. The molecular weight excluding hydrogens is 719 g/mol. The zero-order valence-electron chi connectivity index (χ0n) is 29.9. The number of rotatable bonds is 12. The molecule has 0 N–H and O–H groups in total. The van der Waals surface area contributed by atoms with Crippen molar-refractivity contribution >= 4 is 96.8 Å². The van der Waals surface area contributed by atoms with E-state index < -0.39 is 0 Å². The number of para-hydroxylation sites is 1. The van der Waals surface area contributed by atoms with E-state index in [1.54, 1.807) is 0 Å². The third kappa shape index (κ3) is 7.54. The number of carbonyl (C=O) groups is 2. The van der Waals surface area contributed by atoms with E-state index in [0.29, 0.717) is 31.4 Å². The molecule has 5 aromatic rings. The van der Waals surface area contributed by atoms with Crippen LogP contribution in [0.5, 0.6) is 0 Å². The molecule has 270 valence electrons. The fraction of sp³-hybridized carbons (Fsp3) is 0.256. The van der Waals surface area contributed by atoms with Gasteiger partial charge in [0.2, 0.25) is 0 Å². The number of allylic oxidation sites excluding steroid dienone is 1. The molecule has 0 bridgehead atoms. The third-order valence-corrected chi connectivity index (χ3v) is 12.5. The van der Waals surface area contributed by atoms with Gasteiger partial charge in [-0.15, -0.1) is 11.3 Å². The summed E-state index contributed by atoms with van der Waals surface area (Å²) in [7, 11) is 0. The van der Waals surface area contributed by atoms with Gasteiger partial charge in [0, 0.05) is 24.5 Å². The van der Waals surface area contributed by atoms with Gasteiger partial charge in [0.05, 0.1) is 4.53 Å². The summed E-state index contributed by atoms with van der Waals surface area (Å²) >= 11 is 7.86. The normalized spacial score (nSPS) is 15.9. The van der Waals surface area contributed by atoms with Gasteiger partial charge >= 0.3 is 0 Å². The molecule has 7 rings (SSSR count). The zero-order chi connectivity index (χ0) is 36.9. The maximum atomic E-state index is 14.1. The van der Waals surface area contributed by atoms with E-state index in [1.807, 2.05) is 31.2 Å². The highest BCUT2D eigenvalue weighted by molar-refractivity contribution is 8.30. The second-order valence-electron chi connectivity index (χ2n) is 13.1. The summed E-state index contributed by atoms with van der Waals surface area (Å²) in [4.78, 5) is 43.1. The first-order valence-corrected chi connectivity index (χ1v) is 20.2. The number of unbranched alkanes of at least 4 members (excludes halogenated alkanes) is 3. The van der Waals surface area contributed by atoms with E-state index in [4.69, 9.17) is 17.0 Å². The molecule has 0 saturated carbocycles. The van der Waals surface area contributed by atoms with Crippen molar-refractivity contribution in [2.75, 3.05) is 18.0 Å². The van der Waals surface area contributed by atoms with Crippen LogP contribution in [0, 0.1) is 0 Å². The summed E-state index contributed by atoms with van der Waals surface area (Å²) < 4.78 is 7.69. The summed E-state index contributed by atoms with van der Waals surface area (Å²) in [5.74, 6) is -0.258. The topological polar surface area (TPSA) is 71.8 Å². The first-order valence-electron chi connectivity index (χ1n) is 18.1. The Hall–Kier alpha value is -4.77. The molecule has 10 heteroatoms. The van der Waals surface area contributed by atoms with Crippen molar-refractivity contribution in [2.45, 2.75) is 59.1 Å². The lowest BCUT2D eigenvalue weighted by molar-refractivity contribution is -0.132. The Bertz CT molecular complexity index is 2420. The Morgan fingerprint density at radius 2 is 1.64 bits per heavy atom. The molecule has 7 nitrogen and oxygen atoms in total. The number of anilines is 2. The predicted octanol–water partition coefficient (Wildman–Crippen LogP) is 8.02. The van der Waals surface area contributed by atoms with Crippen molar-refractivity contribution in [3.05, 3.63) is 127 Å². The molecule has 1 aromatic heterocycles. The highest BCUT2D eigenvalue weighted by atomic mass is 32.2. The molecule has 4 aromatic carbocycles. The van der Waals surface area contributed by atoms with E-state index in [-0.39, 0.29) is 18.2 Å². The van der Waals surface area contributed by atoms with Gasteiger partial charge < -0.3 is 9.64 Å². The number of thioether (sulfide) groups is 1. The summed E-state index contributed by atoms with van der Waals surface area (Å²) in [6, 6.07) is 29.9. The van der Waals surface area contributed by atoms with E-state index in [1.165, 1.54) is 74.3 Å². The first kappa shape index (κ1) is 36.6. The zero-order valence-corrected chi connectivity index (χ0v) is 32.3. The maximum Gasteiger partial charge on any atom is 0.294 e. The van der Waals surface area contributed by atoms with E-state index in [9.17, 15) is 14.4 Å². The number of aromatic nitrogens is 1. The highest BCUT2D eigenvalue weighted by Crippen LogP contribution is 2.38. The molecule has 0 atom stereocenters. The van der Waals surface area contributed by atoms with Crippen molar-refractivity contribution in [3.63, 3.8) is 0 Å². The molecular formula is C43H41N3O4S3. The maximum absolute atomic E-state index is 14.1. The number of thiazole rings is 1. The van der Waals surface area contributed by atoms with Crippen LogP contribution in [-0.4, -0.2) is 39.3 Å². The van der Waals surface area contributed by atoms with Gasteiger partial charge in [-0.1, -0.05) is 117 Å². The van der Waals surface area contributed by atoms with Crippen LogP contribution in [-0.2, 0) is 33.9 Å². The molecule has 53 heavy (non-hydrogen) atoms. The van der Waals surface area contributed by atoms with Crippen LogP contribution in [0.1, 0.15) is 61.8 Å². The Labute approximate surface area is 322 Å². The second kappa shape index (κ2) is 16.5. The summed E-state index contributed by atoms with van der Waals surface area (Å²) in [6.07, 6.45) is 10.7. The van der Waals surface area contributed by atoms with Gasteiger partial charge in [0.1, 0.15) is 13.9 Å². The summed E-state index contributed by atoms with van der Waals surface area (Å²) in [5.41, 5.74) is 7.70. The Morgan fingerprint density at radius 1 is 0.868 bits per heavy atom. The molecule has 0 unspecified atom stereocenters. The van der Waals surface area contributed by atoms with Crippen LogP contribution in [0.2, 0.25) is 0 Å². The van der Waals surface area contributed by atoms with Crippen molar-refractivity contribution in [1.82, 2.24) is 9.47 Å². The average Bonchev–Trinajstić information content (AvgIpc) is 3.58. The minimum absolute atomic E-state index is 0.258. The minimum Gasteiger partial charge on any atom is -0.446 e. The molecule has 2 aliphatic heterocycles. The van der Waals surface area contributed by atoms with E-state index in [2.05, 4.69) is 84.6 Å². The predicted molar refractivity (Wildman–Crippen MR) is 224 cm³/mol. The van der Waals surface area contributed by atoms with Crippen molar-refractivity contribution < 1.29 is 14.3 Å². The van der Waals surface area contributed by atoms with E-state index >= 15 is 0 Å².